The Kier molecular flexibility index (Phi) is 6.46. The van der Waals surface area contributed by atoms with Gasteiger partial charge in [-0.25, -0.2) is 4.68 Å². The molecule has 2 heterocycles. The number of nitrogens with zero attached hydrogens (tertiary/aromatic N) is 2. The number of aromatic nitrogens is 2. The minimum absolute atomic E-state index is 0.143. The zero-order chi connectivity index (χ0) is 24.7. The lowest BCUT2D eigenvalue weighted by atomic mass is 9.71. The van der Waals surface area contributed by atoms with E-state index in [2.05, 4.69) is 95.4 Å². The van der Waals surface area contributed by atoms with Crippen LogP contribution in [-0.2, 0) is 11.0 Å². The number of anilines is 1. The summed E-state index contributed by atoms with van der Waals surface area (Å²) in [6.07, 6.45) is 3.24. The number of Topliss-reactive ketones (excluding diaryl/α,β-unsaturated/α-hetero) is 1. The van der Waals surface area contributed by atoms with Gasteiger partial charge in [0.05, 0.1) is 22.8 Å². The van der Waals surface area contributed by atoms with Crippen LogP contribution in [0.1, 0.15) is 97.7 Å². The van der Waals surface area contributed by atoms with E-state index in [1.807, 2.05) is 11.6 Å². The van der Waals surface area contributed by atoms with Crippen molar-refractivity contribution < 1.29 is 4.79 Å². The van der Waals surface area contributed by atoms with Crippen molar-refractivity contribution in [3.05, 3.63) is 82.0 Å². The number of rotatable bonds is 7. The molecule has 1 aromatic heterocycles. The van der Waals surface area contributed by atoms with Gasteiger partial charge in [0, 0.05) is 11.8 Å². The van der Waals surface area contributed by atoms with Gasteiger partial charge in [-0.1, -0.05) is 73.5 Å². The molecular weight excluding hydrogens is 418 g/mol. The summed E-state index contributed by atoms with van der Waals surface area (Å²) < 4.78 is 2.05. The molecule has 4 rings (SSSR count). The third-order valence-corrected chi connectivity index (χ3v) is 7.89. The van der Waals surface area contributed by atoms with Gasteiger partial charge in [-0.05, 0) is 65.0 Å². The zero-order valence-electron chi connectivity index (χ0n) is 21.8. The number of ketones is 1. The quantitative estimate of drug-likeness (QED) is 0.375. The molecule has 0 bridgehead atoms. The second-order valence-electron chi connectivity index (χ2n) is 10.8. The van der Waals surface area contributed by atoms with E-state index in [-0.39, 0.29) is 22.8 Å². The van der Waals surface area contributed by atoms with Crippen LogP contribution in [0.15, 0.2) is 48.5 Å². The number of carbonyl (C=O) groups excluding carboxylic acids is 1. The fourth-order valence-electron chi connectivity index (χ4n) is 5.64. The maximum Gasteiger partial charge on any atom is 0.169 e. The smallest absolute Gasteiger partial charge is 0.169 e. The van der Waals surface area contributed by atoms with Gasteiger partial charge in [-0.2, -0.15) is 5.10 Å². The molecule has 1 aliphatic heterocycles. The normalized spacial score (nSPS) is 17.2. The van der Waals surface area contributed by atoms with Gasteiger partial charge in [-0.3, -0.25) is 4.79 Å². The van der Waals surface area contributed by atoms with Crippen molar-refractivity contribution in [1.29, 1.82) is 0 Å². The number of hydrogen-bond acceptors (Lipinski definition) is 3. The molecule has 0 radical (unpaired) electrons. The third kappa shape index (κ3) is 4.31. The first-order chi connectivity index (χ1) is 16.1. The molecule has 1 atom stereocenters. The molecule has 0 spiro atoms. The monoisotopic (exact) mass is 457 g/mol. The van der Waals surface area contributed by atoms with Crippen LogP contribution >= 0.6 is 0 Å². The van der Waals surface area contributed by atoms with E-state index in [0.717, 1.165) is 36.3 Å². The molecule has 1 unspecified atom stereocenters. The number of hydrogen-bond donors (Lipinski definition) is 1. The van der Waals surface area contributed by atoms with E-state index in [4.69, 9.17) is 5.10 Å². The van der Waals surface area contributed by atoms with Crippen LogP contribution in [0.5, 0.6) is 0 Å². The molecule has 2 aromatic carbocycles. The Hall–Kier alpha value is -2.88. The number of benzene rings is 2. The van der Waals surface area contributed by atoms with Crippen molar-refractivity contribution >= 4 is 11.6 Å². The van der Waals surface area contributed by atoms with Crippen molar-refractivity contribution in [2.75, 3.05) is 5.32 Å². The molecular formula is C30H39N3O. The van der Waals surface area contributed by atoms with Crippen molar-refractivity contribution in [3.8, 4) is 0 Å². The summed E-state index contributed by atoms with van der Waals surface area (Å²) >= 11 is 0. The second kappa shape index (κ2) is 9.05. The highest BCUT2D eigenvalue weighted by atomic mass is 16.1. The topological polar surface area (TPSA) is 46.9 Å². The van der Waals surface area contributed by atoms with E-state index in [1.165, 1.54) is 22.3 Å². The van der Waals surface area contributed by atoms with Crippen molar-refractivity contribution in [2.45, 2.75) is 91.1 Å². The van der Waals surface area contributed by atoms with Gasteiger partial charge in [0.15, 0.2) is 5.78 Å². The molecule has 1 aliphatic rings. The van der Waals surface area contributed by atoms with Crippen LogP contribution in [0, 0.1) is 20.8 Å². The second-order valence-corrected chi connectivity index (χ2v) is 10.8. The average molecular weight is 458 g/mol. The third-order valence-electron chi connectivity index (χ3n) is 7.89. The fraction of sp³-hybridized carbons (Fsp3) is 0.467. The molecule has 180 valence electrons. The lowest BCUT2D eigenvalue weighted by Crippen LogP contribution is -2.38. The van der Waals surface area contributed by atoms with Gasteiger partial charge >= 0.3 is 0 Å². The lowest BCUT2D eigenvalue weighted by Gasteiger charge is -2.38. The van der Waals surface area contributed by atoms with E-state index in [0.29, 0.717) is 6.42 Å². The molecule has 0 amide bonds. The molecule has 0 fully saturated rings. The number of carbonyl (C=O) groups is 1. The van der Waals surface area contributed by atoms with E-state index in [9.17, 15) is 4.79 Å². The van der Waals surface area contributed by atoms with E-state index >= 15 is 0 Å². The molecule has 4 heteroatoms. The molecule has 0 saturated heterocycles. The average Bonchev–Trinajstić information content (AvgIpc) is 3.15. The van der Waals surface area contributed by atoms with Crippen LogP contribution in [0.2, 0.25) is 0 Å². The Morgan fingerprint density at radius 3 is 2.35 bits per heavy atom. The van der Waals surface area contributed by atoms with Crippen LogP contribution < -0.4 is 5.32 Å². The summed E-state index contributed by atoms with van der Waals surface area (Å²) in [5.41, 5.74) is 6.20. The van der Waals surface area contributed by atoms with Gasteiger partial charge in [0.1, 0.15) is 5.82 Å². The van der Waals surface area contributed by atoms with E-state index in [1.54, 1.807) is 0 Å². The number of aryl methyl sites for hydroxylation is 3. The Balaban J connectivity index is 1.73. The minimum Gasteiger partial charge on any atom is -0.363 e. The molecule has 34 heavy (non-hydrogen) atoms. The highest BCUT2D eigenvalue weighted by Gasteiger charge is 2.40. The Morgan fingerprint density at radius 2 is 1.74 bits per heavy atom. The Bertz CT molecular complexity index is 1180. The first kappa shape index (κ1) is 24.3. The Morgan fingerprint density at radius 1 is 1.06 bits per heavy atom. The SMILES string of the molecule is CCC(CC)(CC(=O)c1c(C)nn2c1NC(c1cccc(C)c1)CC2(C)C)c1ccc(C)cc1. The van der Waals surface area contributed by atoms with Crippen molar-refractivity contribution in [2.24, 2.45) is 0 Å². The maximum atomic E-state index is 14.0. The summed E-state index contributed by atoms with van der Waals surface area (Å²) in [7, 11) is 0. The minimum atomic E-state index is -0.193. The van der Waals surface area contributed by atoms with Gasteiger partial charge in [-0.15, -0.1) is 0 Å². The number of fused-ring (bicyclic) bond motifs is 1. The van der Waals surface area contributed by atoms with Gasteiger partial charge in [0.2, 0.25) is 0 Å². The maximum absolute atomic E-state index is 14.0. The number of nitrogens with one attached hydrogen (secondary N) is 1. The highest BCUT2D eigenvalue weighted by Crippen LogP contribution is 2.43. The summed E-state index contributed by atoms with van der Waals surface area (Å²) in [6.45, 7) is 15.0. The van der Waals surface area contributed by atoms with Crippen LogP contribution in [0.3, 0.4) is 0 Å². The molecule has 4 nitrogen and oxygen atoms in total. The Labute approximate surface area is 204 Å². The van der Waals surface area contributed by atoms with Gasteiger partial charge < -0.3 is 5.32 Å². The predicted molar refractivity (Wildman–Crippen MR) is 141 cm³/mol. The molecule has 3 aromatic rings. The van der Waals surface area contributed by atoms with Crippen LogP contribution in [0.4, 0.5) is 5.82 Å². The van der Waals surface area contributed by atoms with E-state index < -0.39 is 0 Å². The first-order valence-corrected chi connectivity index (χ1v) is 12.6. The van der Waals surface area contributed by atoms with Crippen LogP contribution in [0.25, 0.3) is 0 Å². The predicted octanol–water partition coefficient (Wildman–Crippen LogP) is 7.43. The zero-order valence-corrected chi connectivity index (χ0v) is 21.8. The standard InChI is InChI=1S/C30H39N3O/c1-8-30(9-2,24-15-13-20(3)14-16-24)19-26(34)27-22(5)32-33-28(27)31-25(18-29(33,6)7)23-12-10-11-21(4)17-23/h10-17,25,31H,8-9,18-19H2,1-7H3. The fourth-order valence-corrected chi connectivity index (χ4v) is 5.64. The first-order valence-electron chi connectivity index (χ1n) is 12.6. The molecule has 0 saturated carbocycles. The summed E-state index contributed by atoms with van der Waals surface area (Å²) in [6, 6.07) is 17.5. The summed E-state index contributed by atoms with van der Waals surface area (Å²) in [5, 5.41) is 8.59. The summed E-state index contributed by atoms with van der Waals surface area (Å²) in [5.74, 6) is 1.05. The molecule has 0 aliphatic carbocycles. The largest absolute Gasteiger partial charge is 0.363 e. The van der Waals surface area contributed by atoms with Gasteiger partial charge in [0.25, 0.3) is 0 Å². The van der Waals surface area contributed by atoms with Crippen molar-refractivity contribution in [3.63, 3.8) is 0 Å². The summed E-state index contributed by atoms with van der Waals surface area (Å²) in [4.78, 5) is 14.0. The molecule has 1 N–H and O–H groups in total. The van der Waals surface area contributed by atoms with Crippen LogP contribution in [-0.4, -0.2) is 15.6 Å². The highest BCUT2D eigenvalue weighted by molar-refractivity contribution is 6.02. The lowest BCUT2D eigenvalue weighted by molar-refractivity contribution is 0.0944. The van der Waals surface area contributed by atoms with Crippen molar-refractivity contribution in [1.82, 2.24) is 9.78 Å².